The van der Waals surface area contributed by atoms with Crippen molar-refractivity contribution in [1.29, 1.82) is 0 Å². The Bertz CT molecular complexity index is 1130. The highest BCUT2D eigenvalue weighted by atomic mass is 35.5. The maximum Gasteiger partial charge on any atom is 0.131 e. The fraction of sp³-hybridized carbons (Fsp3) is 0.417. The van der Waals surface area contributed by atoms with Crippen LogP contribution in [0.25, 0.3) is 10.9 Å². The third kappa shape index (κ3) is 4.59. The van der Waals surface area contributed by atoms with Crippen LogP contribution in [-0.2, 0) is 11.3 Å². The minimum Gasteiger partial charge on any atom is -0.491 e. The second kappa shape index (κ2) is 9.58. The van der Waals surface area contributed by atoms with Gasteiger partial charge in [0.2, 0.25) is 0 Å². The highest BCUT2D eigenvalue weighted by Crippen LogP contribution is 2.40. The average molecular weight is 480 g/mol. The molecule has 3 aromatic rings. The first-order valence-corrected chi connectivity index (χ1v) is 11.1. The zero-order chi connectivity index (χ0) is 23.9. The van der Waals surface area contributed by atoms with Crippen molar-refractivity contribution in [3.8, 4) is 5.75 Å². The number of aliphatic hydroxyl groups is 4. The lowest BCUT2D eigenvalue weighted by Gasteiger charge is -2.40. The molecule has 0 spiro atoms. The Labute approximate surface area is 195 Å². The monoisotopic (exact) mass is 479 g/mol. The van der Waals surface area contributed by atoms with Gasteiger partial charge in [-0.25, -0.2) is 4.39 Å². The molecule has 0 amide bonds. The van der Waals surface area contributed by atoms with E-state index in [-0.39, 0.29) is 12.6 Å². The first-order chi connectivity index (χ1) is 15.7. The van der Waals surface area contributed by atoms with Gasteiger partial charge in [-0.05, 0) is 32.0 Å². The summed E-state index contributed by atoms with van der Waals surface area (Å²) >= 11 is 6.48. The van der Waals surface area contributed by atoms with Crippen LogP contribution in [-0.4, -0.2) is 62.1 Å². The zero-order valence-corrected chi connectivity index (χ0v) is 19.0. The smallest absolute Gasteiger partial charge is 0.131 e. The van der Waals surface area contributed by atoms with Gasteiger partial charge in [-0.3, -0.25) is 0 Å². The van der Waals surface area contributed by atoms with E-state index in [0.717, 1.165) is 0 Å². The Kier molecular flexibility index (Phi) is 6.95. The molecule has 9 heteroatoms. The molecule has 0 unspecified atom stereocenters. The van der Waals surface area contributed by atoms with Crippen LogP contribution < -0.4 is 4.74 Å². The van der Waals surface area contributed by atoms with Crippen molar-refractivity contribution in [2.75, 3.05) is 6.61 Å². The van der Waals surface area contributed by atoms with Crippen LogP contribution >= 0.6 is 11.6 Å². The average Bonchev–Trinajstić information content (AvgIpc) is 3.13. The molecular weight excluding hydrogens is 453 g/mol. The second-order valence-electron chi connectivity index (χ2n) is 8.52. The van der Waals surface area contributed by atoms with Crippen LogP contribution in [0, 0.1) is 5.82 Å². The van der Waals surface area contributed by atoms with Crippen LogP contribution in [0.1, 0.15) is 31.1 Å². The molecule has 5 atom stereocenters. The number of hydrogen-bond acceptors (Lipinski definition) is 6. The van der Waals surface area contributed by atoms with Gasteiger partial charge in [0.25, 0.3) is 0 Å². The molecule has 1 aliphatic heterocycles. The molecule has 0 saturated carbocycles. The van der Waals surface area contributed by atoms with Crippen LogP contribution in [0.3, 0.4) is 0 Å². The number of aromatic nitrogens is 1. The fourth-order valence-corrected chi connectivity index (χ4v) is 4.51. The molecular formula is C24H27ClFNO6. The predicted molar refractivity (Wildman–Crippen MR) is 121 cm³/mol. The van der Waals surface area contributed by atoms with E-state index in [1.807, 2.05) is 19.9 Å². The van der Waals surface area contributed by atoms with Crippen LogP contribution in [0.2, 0.25) is 5.02 Å². The molecule has 2 aromatic carbocycles. The molecule has 2 heterocycles. The van der Waals surface area contributed by atoms with E-state index in [0.29, 0.717) is 32.8 Å². The molecule has 7 nitrogen and oxygen atoms in total. The minimum atomic E-state index is -1.52. The van der Waals surface area contributed by atoms with Crippen molar-refractivity contribution in [1.82, 2.24) is 4.57 Å². The quantitative estimate of drug-likeness (QED) is 0.433. The molecule has 1 fully saturated rings. The maximum atomic E-state index is 14.8. The van der Waals surface area contributed by atoms with E-state index in [9.17, 15) is 24.8 Å². The van der Waals surface area contributed by atoms with Crippen molar-refractivity contribution in [3.63, 3.8) is 0 Å². The normalized spacial score (nSPS) is 25.7. The number of ether oxygens (including phenoxy) is 2. The number of nitrogens with zero attached hydrogens (tertiary/aromatic N) is 1. The molecule has 0 aliphatic carbocycles. The standard InChI is InChI=1S/C24H27ClFNO6/c1-12(2)32-14-7-6-13(17(26)8-14)9-27-10-15(20-16(25)4-3-5-18(20)27)24-23(31)22(30)21(29)19(11-28)33-24/h3-8,10,12,19,21-24,28-31H,9,11H2,1-2H3/t19-,21-,22+,23-,24+/m1/s1. The van der Waals surface area contributed by atoms with Gasteiger partial charge in [0, 0.05) is 28.8 Å². The summed E-state index contributed by atoms with van der Waals surface area (Å²) in [7, 11) is 0. The fourth-order valence-electron chi connectivity index (χ4n) is 4.23. The summed E-state index contributed by atoms with van der Waals surface area (Å²) in [6, 6.07) is 9.94. The summed E-state index contributed by atoms with van der Waals surface area (Å²) in [5.41, 5.74) is 1.56. The van der Waals surface area contributed by atoms with Crippen LogP contribution in [0.4, 0.5) is 4.39 Å². The van der Waals surface area contributed by atoms with Gasteiger partial charge < -0.3 is 34.5 Å². The second-order valence-corrected chi connectivity index (χ2v) is 8.92. The number of halogens is 2. The number of rotatable bonds is 6. The maximum absolute atomic E-state index is 14.8. The molecule has 33 heavy (non-hydrogen) atoms. The Morgan fingerprint density at radius 2 is 1.88 bits per heavy atom. The summed E-state index contributed by atoms with van der Waals surface area (Å²) in [5, 5.41) is 41.5. The van der Waals surface area contributed by atoms with Crippen molar-refractivity contribution in [3.05, 3.63) is 64.6 Å². The van der Waals surface area contributed by atoms with Gasteiger partial charge in [-0.2, -0.15) is 0 Å². The van der Waals surface area contributed by atoms with Gasteiger partial charge in [0.15, 0.2) is 0 Å². The van der Waals surface area contributed by atoms with E-state index in [1.54, 1.807) is 35.0 Å². The zero-order valence-electron chi connectivity index (χ0n) is 18.2. The molecule has 4 rings (SSSR count). The van der Waals surface area contributed by atoms with Crippen LogP contribution in [0.15, 0.2) is 42.6 Å². The highest BCUT2D eigenvalue weighted by Gasteiger charge is 2.45. The SMILES string of the molecule is CC(C)Oc1ccc(Cn2cc([C@@H]3O[C@H](CO)[C@@H](O)[C@H](O)[C@H]3O)c3c(Cl)cccc32)c(F)c1. The summed E-state index contributed by atoms with van der Waals surface area (Å²) < 4.78 is 27.9. The molecule has 0 bridgehead atoms. The van der Waals surface area contributed by atoms with Gasteiger partial charge >= 0.3 is 0 Å². The van der Waals surface area contributed by atoms with Gasteiger partial charge in [-0.1, -0.05) is 23.7 Å². The van der Waals surface area contributed by atoms with E-state index in [4.69, 9.17) is 21.1 Å². The van der Waals surface area contributed by atoms with E-state index < -0.39 is 42.9 Å². The molecule has 1 aromatic heterocycles. The number of benzene rings is 2. The minimum absolute atomic E-state index is 0.0770. The first-order valence-electron chi connectivity index (χ1n) is 10.7. The number of aliphatic hydroxyl groups excluding tert-OH is 4. The topological polar surface area (TPSA) is 104 Å². The van der Waals surface area contributed by atoms with Crippen molar-refractivity contribution >= 4 is 22.5 Å². The van der Waals surface area contributed by atoms with Crippen LogP contribution in [0.5, 0.6) is 5.75 Å². The Morgan fingerprint density at radius 3 is 2.55 bits per heavy atom. The summed E-state index contributed by atoms with van der Waals surface area (Å²) in [4.78, 5) is 0. The van der Waals surface area contributed by atoms with Gasteiger partial charge in [0.05, 0.1) is 29.8 Å². The molecule has 178 valence electrons. The van der Waals surface area contributed by atoms with E-state index in [1.165, 1.54) is 6.07 Å². The highest BCUT2D eigenvalue weighted by molar-refractivity contribution is 6.35. The first kappa shape index (κ1) is 23.9. The third-order valence-electron chi connectivity index (χ3n) is 5.82. The van der Waals surface area contributed by atoms with Crippen molar-refractivity contribution in [2.24, 2.45) is 0 Å². The Hall–Kier alpha value is -2.20. The Morgan fingerprint density at radius 1 is 1.12 bits per heavy atom. The predicted octanol–water partition coefficient (Wildman–Crippen LogP) is 2.78. The number of fused-ring (bicyclic) bond motifs is 1. The summed E-state index contributed by atoms with van der Waals surface area (Å²) in [5.74, 6) is 0.0140. The summed E-state index contributed by atoms with van der Waals surface area (Å²) in [6.45, 7) is 3.36. The largest absolute Gasteiger partial charge is 0.491 e. The van der Waals surface area contributed by atoms with Gasteiger partial charge in [0.1, 0.15) is 42.1 Å². The molecule has 4 N–H and O–H groups in total. The van der Waals surface area contributed by atoms with E-state index >= 15 is 0 Å². The molecule has 1 aliphatic rings. The van der Waals surface area contributed by atoms with Crippen molar-refractivity contribution < 1.29 is 34.3 Å². The van der Waals surface area contributed by atoms with E-state index in [2.05, 4.69) is 0 Å². The molecule has 0 radical (unpaired) electrons. The number of hydrogen-bond donors (Lipinski definition) is 4. The summed E-state index contributed by atoms with van der Waals surface area (Å²) in [6.07, 6.45) is -4.95. The lowest BCUT2D eigenvalue weighted by atomic mass is 9.91. The lowest BCUT2D eigenvalue weighted by molar-refractivity contribution is -0.231. The molecule has 1 saturated heterocycles. The third-order valence-corrected chi connectivity index (χ3v) is 6.14. The van der Waals surface area contributed by atoms with Crippen molar-refractivity contribution in [2.45, 2.75) is 57.0 Å². The lowest BCUT2D eigenvalue weighted by Crippen LogP contribution is -2.55. The Balaban J connectivity index is 1.74. The van der Waals surface area contributed by atoms with Gasteiger partial charge in [-0.15, -0.1) is 0 Å².